The van der Waals surface area contributed by atoms with Crippen molar-refractivity contribution in [1.29, 1.82) is 0 Å². The van der Waals surface area contributed by atoms with Crippen molar-refractivity contribution in [2.45, 2.75) is 36.5 Å². The molecular formula is C21H26N2O7S. The third-order valence-corrected chi connectivity index (χ3v) is 7.05. The lowest BCUT2D eigenvalue weighted by atomic mass is 9.72. The van der Waals surface area contributed by atoms with Crippen molar-refractivity contribution in [1.82, 2.24) is 5.48 Å². The molecule has 1 saturated carbocycles. The number of nitrogens with zero attached hydrogens (tertiary/aromatic N) is 1. The van der Waals surface area contributed by atoms with Gasteiger partial charge < -0.3 is 9.47 Å². The van der Waals surface area contributed by atoms with Crippen LogP contribution in [0.15, 0.2) is 24.3 Å². The van der Waals surface area contributed by atoms with E-state index in [0.29, 0.717) is 24.1 Å². The van der Waals surface area contributed by atoms with Gasteiger partial charge >= 0.3 is 6.09 Å². The molecule has 2 aliphatic rings. The number of benzene rings is 1. The van der Waals surface area contributed by atoms with Crippen LogP contribution in [0.2, 0.25) is 0 Å². The first-order valence-electron chi connectivity index (χ1n) is 9.91. The third-order valence-electron chi connectivity index (χ3n) is 5.61. The summed E-state index contributed by atoms with van der Waals surface area (Å²) in [7, 11) is -2.17. The van der Waals surface area contributed by atoms with Gasteiger partial charge in [0.1, 0.15) is 18.0 Å². The molecule has 0 radical (unpaired) electrons. The van der Waals surface area contributed by atoms with Crippen LogP contribution in [0.1, 0.15) is 30.7 Å². The first kappa shape index (κ1) is 23.1. The second-order valence-corrected chi connectivity index (χ2v) is 10.1. The summed E-state index contributed by atoms with van der Waals surface area (Å²) in [6.07, 6.45) is 1.25. The summed E-state index contributed by atoms with van der Waals surface area (Å²) in [4.78, 5) is 25.4. The van der Waals surface area contributed by atoms with Crippen LogP contribution in [-0.4, -0.2) is 63.5 Å². The summed E-state index contributed by atoms with van der Waals surface area (Å²) in [6, 6.07) is 7.60. The number of anilines is 1. The number of carbonyl (C=O) groups is 2. The highest BCUT2D eigenvalue weighted by Gasteiger charge is 2.39. The van der Waals surface area contributed by atoms with Gasteiger partial charge in [0.2, 0.25) is 0 Å². The molecule has 1 aliphatic heterocycles. The predicted octanol–water partition coefficient (Wildman–Crippen LogP) is 1.46. The first-order valence-corrected chi connectivity index (χ1v) is 11.9. The van der Waals surface area contributed by atoms with Crippen LogP contribution < -0.4 is 10.4 Å². The zero-order valence-electron chi connectivity index (χ0n) is 17.4. The fourth-order valence-corrected chi connectivity index (χ4v) is 4.84. The lowest BCUT2D eigenvalue weighted by Gasteiger charge is -2.32. The van der Waals surface area contributed by atoms with Crippen LogP contribution in [0.3, 0.4) is 0 Å². The molecule has 2 N–H and O–H groups in total. The Labute approximate surface area is 181 Å². The van der Waals surface area contributed by atoms with Crippen molar-refractivity contribution in [3.63, 3.8) is 0 Å². The van der Waals surface area contributed by atoms with Crippen molar-refractivity contribution in [2.75, 3.05) is 31.4 Å². The summed E-state index contributed by atoms with van der Waals surface area (Å²) >= 11 is 0. The molecule has 2 unspecified atom stereocenters. The van der Waals surface area contributed by atoms with Gasteiger partial charge in [0.05, 0.1) is 6.54 Å². The van der Waals surface area contributed by atoms with Crippen LogP contribution in [-0.2, 0) is 24.1 Å². The van der Waals surface area contributed by atoms with Crippen molar-refractivity contribution in [3.8, 4) is 11.8 Å². The molecule has 0 bridgehead atoms. The van der Waals surface area contributed by atoms with Gasteiger partial charge in [-0.1, -0.05) is 24.0 Å². The Morgan fingerprint density at radius 3 is 2.61 bits per heavy atom. The molecule has 31 heavy (non-hydrogen) atoms. The molecule has 1 aliphatic carbocycles. The topological polar surface area (TPSA) is 122 Å². The predicted molar refractivity (Wildman–Crippen MR) is 112 cm³/mol. The van der Waals surface area contributed by atoms with E-state index in [-0.39, 0.29) is 13.0 Å². The summed E-state index contributed by atoms with van der Waals surface area (Å²) < 4.78 is 33.9. The lowest BCUT2D eigenvalue weighted by Crippen LogP contribution is -2.40. The van der Waals surface area contributed by atoms with E-state index in [0.717, 1.165) is 19.1 Å². The van der Waals surface area contributed by atoms with Crippen LogP contribution >= 0.6 is 0 Å². The number of cyclic esters (lactones) is 1. The zero-order valence-corrected chi connectivity index (χ0v) is 18.2. The molecule has 2 amide bonds. The molecule has 1 heterocycles. The number of hydrogen-bond donors (Lipinski definition) is 2. The number of nitrogens with one attached hydrogen (secondary N) is 1. The van der Waals surface area contributed by atoms with E-state index in [1.54, 1.807) is 7.11 Å². The quantitative estimate of drug-likeness (QED) is 0.366. The monoisotopic (exact) mass is 450 g/mol. The maximum Gasteiger partial charge on any atom is 0.414 e. The van der Waals surface area contributed by atoms with Gasteiger partial charge in [0.25, 0.3) is 5.91 Å². The van der Waals surface area contributed by atoms with E-state index in [4.69, 9.17) is 14.7 Å². The molecule has 3 rings (SSSR count). The molecule has 1 saturated heterocycles. The Hall–Kier alpha value is -2.61. The highest BCUT2D eigenvalue weighted by Crippen LogP contribution is 2.41. The molecule has 168 valence electrons. The normalized spacial score (nSPS) is 23.9. The Bertz CT molecular complexity index is 975. The summed E-state index contributed by atoms with van der Waals surface area (Å²) in [5, 5.41) is 7.29. The van der Waals surface area contributed by atoms with E-state index >= 15 is 0 Å². The molecule has 1 aromatic rings. The van der Waals surface area contributed by atoms with E-state index in [1.807, 2.05) is 24.3 Å². The Morgan fingerprint density at radius 2 is 2.03 bits per heavy atom. The van der Waals surface area contributed by atoms with Gasteiger partial charge in [-0.3, -0.25) is 14.9 Å². The van der Waals surface area contributed by atoms with E-state index in [2.05, 4.69) is 11.8 Å². The molecule has 9 nitrogen and oxygen atoms in total. The van der Waals surface area contributed by atoms with Crippen molar-refractivity contribution in [2.24, 2.45) is 5.92 Å². The molecule has 0 aromatic heterocycles. The summed E-state index contributed by atoms with van der Waals surface area (Å²) in [5.74, 6) is 5.95. The molecule has 2 fully saturated rings. The van der Waals surface area contributed by atoms with Crippen molar-refractivity contribution in [3.05, 3.63) is 29.8 Å². The van der Waals surface area contributed by atoms with Crippen molar-refractivity contribution < 1.29 is 32.7 Å². The summed E-state index contributed by atoms with van der Waals surface area (Å²) in [6.45, 7) is 0.557. The maximum atomic E-state index is 12.3. The molecule has 0 spiro atoms. The number of sulfone groups is 1. The Balaban J connectivity index is 1.59. The minimum Gasteiger partial charge on any atom is -0.444 e. The smallest absolute Gasteiger partial charge is 0.414 e. The van der Waals surface area contributed by atoms with Crippen molar-refractivity contribution >= 4 is 27.5 Å². The number of rotatable bonds is 7. The second-order valence-electron chi connectivity index (χ2n) is 7.86. The standard InChI is InChI=1S/C21H26N2O7S/c1-29-9-3-4-14-10-16(11-14)15-5-7-17(8-6-15)23-13-18(30-21(23)25)12-19(20(24)22-26)31(2,27)28/h5-8,14,16,18-19,26H,9-13H2,1-2H3,(H,22,24). The molecule has 2 atom stereocenters. The third kappa shape index (κ3) is 5.55. The minimum atomic E-state index is -3.79. The van der Waals surface area contributed by atoms with Gasteiger partial charge in [-0.05, 0) is 36.5 Å². The van der Waals surface area contributed by atoms with E-state index in [1.165, 1.54) is 15.9 Å². The Kier molecular flexibility index (Phi) is 7.20. The van der Waals surface area contributed by atoms with Gasteiger partial charge in [0, 0.05) is 31.4 Å². The number of methoxy groups -OCH3 is 1. The van der Waals surface area contributed by atoms with Crippen LogP contribution in [0.4, 0.5) is 10.5 Å². The number of ether oxygens (including phenoxy) is 2. The number of carbonyl (C=O) groups excluding carboxylic acids is 2. The number of hydrogen-bond acceptors (Lipinski definition) is 7. The van der Waals surface area contributed by atoms with E-state index < -0.39 is 33.2 Å². The summed E-state index contributed by atoms with van der Waals surface area (Å²) in [5.41, 5.74) is 3.17. The van der Waals surface area contributed by atoms with E-state index in [9.17, 15) is 18.0 Å². The zero-order chi connectivity index (χ0) is 22.6. The average molecular weight is 451 g/mol. The molecular weight excluding hydrogens is 424 g/mol. The molecule has 10 heteroatoms. The van der Waals surface area contributed by atoms with Gasteiger partial charge in [-0.25, -0.2) is 18.7 Å². The number of hydroxylamine groups is 1. The fraction of sp³-hybridized carbons (Fsp3) is 0.524. The van der Waals surface area contributed by atoms with Gasteiger partial charge in [-0.15, -0.1) is 0 Å². The van der Waals surface area contributed by atoms with Crippen LogP contribution in [0.5, 0.6) is 0 Å². The SMILES string of the molecule is COCC#CC1CC(c2ccc(N3CC(CC(C(=O)NO)S(C)(=O)=O)OC3=O)cc2)C1. The highest BCUT2D eigenvalue weighted by molar-refractivity contribution is 7.92. The second kappa shape index (κ2) is 9.68. The van der Waals surface area contributed by atoms with Crippen LogP contribution in [0, 0.1) is 17.8 Å². The molecule has 1 aromatic carbocycles. The van der Waals surface area contributed by atoms with Gasteiger partial charge in [-0.2, -0.15) is 0 Å². The number of amides is 2. The minimum absolute atomic E-state index is 0.115. The maximum absolute atomic E-state index is 12.3. The van der Waals surface area contributed by atoms with Crippen LogP contribution in [0.25, 0.3) is 0 Å². The fourth-order valence-electron chi connectivity index (χ4n) is 3.83. The lowest BCUT2D eigenvalue weighted by molar-refractivity contribution is -0.129. The first-order chi connectivity index (χ1) is 14.7. The average Bonchev–Trinajstić information content (AvgIpc) is 3.07. The largest absolute Gasteiger partial charge is 0.444 e. The van der Waals surface area contributed by atoms with Gasteiger partial charge in [0.15, 0.2) is 9.84 Å². The highest BCUT2D eigenvalue weighted by atomic mass is 32.2. The Morgan fingerprint density at radius 1 is 1.35 bits per heavy atom.